The van der Waals surface area contributed by atoms with Crippen LogP contribution < -0.4 is 5.73 Å². The summed E-state index contributed by atoms with van der Waals surface area (Å²) in [4.78, 5) is 10.8. The molecule has 11 heavy (non-hydrogen) atoms. The van der Waals surface area contributed by atoms with Crippen molar-refractivity contribution < 1.29 is 9.53 Å². The van der Waals surface area contributed by atoms with Crippen molar-refractivity contribution in [3.05, 3.63) is 0 Å². The van der Waals surface area contributed by atoms with E-state index in [1.807, 2.05) is 13.8 Å². The number of carbonyl (C=O) groups is 1. The average Bonchev–Trinajstić information content (AvgIpc) is 2.00. The monoisotopic (exact) mass is 181 g/mol. The van der Waals surface area contributed by atoms with Gasteiger partial charge in [0, 0.05) is 0 Å². The van der Waals surface area contributed by atoms with Crippen LogP contribution in [0.3, 0.4) is 0 Å². The van der Waals surface area contributed by atoms with Gasteiger partial charge in [-0.3, -0.25) is 4.79 Å². The minimum absolute atomic E-state index is 0. The maximum absolute atomic E-state index is 10.8. The van der Waals surface area contributed by atoms with Crippen molar-refractivity contribution in [1.29, 1.82) is 0 Å². The van der Waals surface area contributed by atoms with E-state index in [1.165, 1.54) is 7.11 Å². The standard InChI is InChI=1S/C7H15NO2.ClH/c1-4-5(2)6(8)7(9)10-3;/h5-6H,4,8H2,1-3H3;1H/t5?,6-;/m0./s1. The topological polar surface area (TPSA) is 52.3 Å². The van der Waals surface area contributed by atoms with Crippen molar-refractivity contribution in [3.8, 4) is 0 Å². The molecule has 0 fully saturated rings. The van der Waals surface area contributed by atoms with Crippen LogP contribution in [0, 0.1) is 5.92 Å². The molecule has 0 saturated carbocycles. The Bertz CT molecular complexity index is 119. The molecule has 0 saturated heterocycles. The summed E-state index contributed by atoms with van der Waals surface area (Å²) >= 11 is 0. The van der Waals surface area contributed by atoms with Crippen LogP contribution in [0.25, 0.3) is 0 Å². The first-order chi connectivity index (χ1) is 4.63. The highest BCUT2D eigenvalue weighted by molar-refractivity contribution is 5.85. The molecule has 0 amide bonds. The molecule has 0 heterocycles. The molecular weight excluding hydrogens is 166 g/mol. The van der Waals surface area contributed by atoms with Crippen molar-refractivity contribution >= 4 is 18.4 Å². The van der Waals surface area contributed by atoms with Gasteiger partial charge in [-0.05, 0) is 5.92 Å². The Morgan fingerprint density at radius 3 is 2.36 bits per heavy atom. The first kappa shape index (κ1) is 13.3. The summed E-state index contributed by atoms with van der Waals surface area (Å²) in [6, 6.07) is -0.463. The summed E-state index contributed by atoms with van der Waals surface area (Å²) in [5, 5.41) is 0. The fraction of sp³-hybridized carbons (Fsp3) is 0.857. The SMILES string of the molecule is CCC(C)[C@H](N)C(=O)OC.Cl. The summed E-state index contributed by atoms with van der Waals surface area (Å²) < 4.78 is 4.47. The van der Waals surface area contributed by atoms with E-state index in [2.05, 4.69) is 4.74 Å². The molecule has 2 atom stereocenters. The highest BCUT2D eigenvalue weighted by Crippen LogP contribution is 2.05. The molecule has 3 nitrogen and oxygen atoms in total. The molecule has 0 radical (unpaired) electrons. The van der Waals surface area contributed by atoms with Crippen LogP contribution in [0.1, 0.15) is 20.3 Å². The summed E-state index contributed by atoms with van der Waals surface area (Å²) in [7, 11) is 1.35. The van der Waals surface area contributed by atoms with Crippen molar-refractivity contribution in [1.82, 2.24) is 0 Å². The lowest BCUT2D eigenvalue weighted by atomic mass is 10.0. The molecule has 1 unspecified atom stereocenters. The Labute approximate surface area is 73.7 Å². The van der Waals surface area contributed by atoms with Gasteiger partial charge in [-0.1, -0.05) is 20.3 Å². The van der Waals surface area contributed by atoms with E-state index in [4.69, 9.17) is 5.73 Å². The lowest BCUT2D eigenvalue weighted by Gasteiger charge is -2.14. The van der Waals surface area contributed by atoms with Crippen molar-refractivity contribution in [3.63, 3.8) is 0 Å². The van der Waals surface area contributed by atoms with E-state index >= 15 is 0 Å². The van der Waals surface area contributed by atoms with Crippen LogP contribution in [0.15, 0.2) is 0 Å². The van der Waals surface area contributed by atoms with Crippen LogP contribution in [0.2, 0.25) is 0 Å². The van der Waals surface area contributed by atoms with E-state index in [9.17, 15) is 4.79 Å². The Balaban J connectivity index is 0. The van der Waals surface area contributed by atoms with Gasteiger partial charge >= 0.3 is 5.97 Å². The number of esters is 1. The van der Waals surface area contributed by atoms with Crippen LogP contribution in [-0.2, 0) is 9.53 Å². The molecule has 2 N–H and O–H groups in total. The second-order valence-corrected chi connectivity index (χ2v) is 2.43. The molecule has 0 aromatic heterocycles. The third kappa shape index (κ3) is 4.22. The molecule has 0 aliphatic heterocycles. The van der Waals surface area contributed by atoms with Crippen molar-refractivity contribution in [2.75, 3.05) is 7.11 Å². The van der Waals surface area contributed by atoms with Gasteiger partial charge in [0.05, 0.1) is 7.11 Å². The van der Waals surface area contributed by atoms with Gasteiger partial charge in [0.1, 0.15) is 6.04 Å². The van der Waals surface area contributed by atoms with E-state index in [0.29, 0.717) is 0 Å². The second kappa shape index (κ2) is 6.43. The maximum Gasteiger partial charge on any atom is 0.322 e. The Kier molecular flexibility index (Phi) is 7.79. The van der Waals surface area contributed by atoms with Crippen molar-refractivity contribution in [2.24, 2.45) is 11.7 Å². The Hall–Kier alpha value is -0.280. The number of hydrogen-bond acceptors (Lipinski definition) is 3. The molecule has 0 aliphatic carbocycles. The summed E-state index contributed by atoms with van der Waals surface area (Å²) in [5.74, 6) is -0.123. The number of ether oxygens (including phenoxy) is 1. The van der Waals surface area contributed by atoms with Crippen LogP contribution in [-0.4, -0.2) is 19.1 Å². The number of rotatable bonds is 3. The zero-order valence-electron chi connectivity index (χ0n) is 7.16. The number of halogens is 1. The average molecular weight is 182 g/mol. The number of hydrogen-bond donors (Lipinski definition) is 1. The van der Waals surface area contributed by atoms with E-state index in [1.54, 1.807) is 0 Å². The molecule has 0 aromatic rings. The molecule has 68 valence electrons. The predicted molar refractivity (Wildman–Crippen MR) is 46.7 cm³/mol. The van der Waals surface area contributed by atoms with E-state index in [-0.39, 0.29) is 24.3 Å². The molecule has 0 aliphatic rings. The van der Waals surface area contributed by atoms with Gasteiger partial charge in [0.15, 0.2) is 0 Å². The van der Waals surface area contributed by atoms with Crippen LogP contribution in [0.4, 0.5) is 0 Å². The largest absolute Gasteiger partial charge is 0.468 e. The smallest absolute Gasteiger partial charge is 0.322 e. The normalized spacial score (nSPS) is 14.5. The third-order valence-corrected chi connectivity index (χ3v) is 1.73. The molecular formula is C7H16ClNO2. The zero-order chi connectivity index (χ0) is 8.15. The molecule has 0 spiro atoms. The predicted octanol–water partition coefficient (Wildman–Crippen LogP) is 0.955. The number of methoxy groups -OCH3 is 1. The molecule has 4 heteroatoms. The lowest BCUT2D eigenvalue weighted by Crippen LogP contribution is -2.37. The number of nitrogens with two attached hydrogens (primary N) is 1. The fourth-order valence-electron chi connectivity index (χ4n) is 0.622. The van der Waals surface area contributed by atoms with Gasteiger partial charge in [-0.15, -0.1) is 12.4 Å². The Morgan fingerprint density at radius 2 is 2.09 bits per heavy atom. The minimum atomic E-state index is -0.463. The van der Waals surface area contributed by atoms with E-state index in [0.717, 1.165) is 6.42 Å². The quantitative estimate of drug-likeness (QED) is 0.660. The third-order valence-electron chi connectivity index (χ3n) is 1.73. The summed E-state index contributed by atoms with van der Waals surface area (Å²) in [6.45, 7) is 3.93. The minimum Gasteiger partial charge on any atom is -0.468 e. The van der Waals surface area contributed by atoms with Crippen molar-refractivity contribution in [2.45, 2.75) is 26.3 Å². The first-order valence-corrected chi connectivity index (χ1v) is 3.46. The second-order valence-electron chi connectivity index (χ2n) is 2.43. The van der Waals surface area contributed by atoms with Gasteiger partial charge in [-0.25, -0.2) is 0 Å². The summed E-state index contributed by atoms with van der Waals surface area (Å²) in [6.07, 6.45) is 0.899. The van der Waals surface area contributed by atoms with Gasteiger partial charge in [0.25, 0.3) is 0 Å². The molecule has 0 aromatic carbocycles. The number of carbonyl (C=O) groups excluding carboxylic acids is 1. The highest BCUT2D eigenvalue weighted by atomic mass is 35.5. The van der Waals surface area contributed by atoms with Crippen LogP contribution in [0.5, 0.6) is 0 Å². The highest BCUT2D eigenvalue weighted by Gasteiger charge is 2.19. The van der Waals surface area contributed by atoms with Gasteiger partial charge in [-0.2, -0.15) is 0 Å². The Morgan fingerprint density at radius 1 is 1.64 bits per heavy atom. The summed E-state index contributed by atoms with van der Waals surface area (Å²) in [5.41, 5.74) is 5.51. The lowest BCUT2D eigenvalue weighted by molar-refractivity contribution is -0.143. The molecule has 0 rings (SSSR count). The van der Waals surface area contributed by atoms with Crippen LogP contribution >= 0.6 is 12.4 Å². The zero-order valence-corrected chi connectivity index (χ0v) is 7.98. The first-order valence-electron chi connectivity index (χ1n) is 3.46. The van der Waals surface area contributed by atoms with Gasteiger partial charge in [0.2, 0.25) is 0 Å². The van der Waals surface area contributed by atoms with E-state index < -0.39 is 6.04 Å². The molecule has 0 bridgehead atoms. The fourth-order valence-corrected chi connectivity index (χ4v) is 0.622. The van der Waals surface area contributed by atoms with Gasteiger partial charge < -0.3 is 10.5 Å². The maximum atomic E-state index is 10.8.